The Morgan fingerprint density at radius 2 is 1.76 bits per heavy atom. The van der Waals surface area contributed by atoms with Gasteiger partial charge in [0.2, 0.25) is 0 Å². The number of halogens is 6. The van der Waals surface area contributed by atoms with Crippen molar-refractivity contribution < 1.29 is 41.0 Å². The summed E-state index contributed by atoms with van der Waals surface area (Å²) < 4.78 is 78.6. The Morgan fingerprint density at radius 3 is 2.24 bits per heavy atom. The molecular formula is C12H10F6O3. The fourth-order valence-electron chi connectivity index (χ4n) is 1.47. The third-order valence-corrected chi connectivity index (χ3v) is 2.39. The van der Waals surface area contributed by atoms with Gasteiger partial charge in [0.25, 0.3) is 0 Å². The van der Waals surface area contributed by atoms with Crippen LogP contribution in [-0.2, 0) is 6.18 Å². The van der Waals surface area contributed by atoms with Gasteiger partial charge in [-0.15, -0.1) is 0 Å². The number of aromatic carboxylic acids is 1. The van der Waals surface area contributed by atoms with Crippen LogP contribution in [0.5, 0.6) is 5.75 Å². The van der Waals surface area contributed by atoms with Gasteiger partial charge in [0, 0.05) is 6.42 Å². The maximum Gasteiger partial charge on any atom is 0.419 e. The zero-order valence-electron chi connectivity index (χ0n) is 10.4. The summed E-state index contributed by atoms with van der Waals surface area (Å²) in [5.41, 5.74) is -1.93. The number of carboxylic acids is 1. The first-order chi connectivity index (χ1) is 9.50. The van der Waals surface area contributed by atoms with Crippen LogP contribution in [0.4, 0.5) is 26.3 Å². The van der Waals surface area contributed by atoms with Gasteiger partial charge in [0.15, 0.2) is 0 Å². The third kappa shape index (κ3) is 5.52. The van der Waals surface area contributed by atoms with E-state index in [-0.39, 0.29) is 0 Å². The molecule has 1 N–H and O–H groups in total. The van der Waals surface area contributed by atoms with E-state index in [9.17, 15) is 31.1 Å². The number of ether oxygens (including phenoxy) is 1. The second kappa shape index (κ2) is 6.23. The van der Waals surface area contributed by atoms with Crippen LogP contribution in [0.2, 0.25) is 0 Å². The van der Waals surface area contributed by atoms with Gasteiger partial charge >= 0.3 is 18.3 Å². The first-order valence-electron chi connectivity index (χ1n) is 5.65. The van der Waals surface area contributed by atoms with Crippen molar-refractivity contribution in [3.8, 4) is 5.75 Å². The molecule has 0 fully saturated rings. The summed E-state index contributed by atoms with van der Waals surface area (Å²) in [6.45, 7) is -0.561. The van der Waals surface area contributed by atoms with Crippen LogP contribution >= 0.6 is 0 Å². The fraction of sp³-hybridized carbons (Fsp3) is 0.417. The van der Waals surface area contributed by atoms with Gasteiger partial charge in [-0.3, -0.25) is 0 Å². The zero-order chi connectivity index (χ0) is 16.3. The number of hydrogen-bond acceptors (Lipinski definition) is 2. The quantitative estimate of drug-likeness (QED) is 0.656. The van der Waals surface area contributed by atoms with E-state index in [1.165, 1.54) is 0 Å². The normalized spacial score (nSPS) is 12.3. The minimum Gasteiger partial charge on any atom is -0.493 e. The predicted molar refractivity (Wildman–Crippen MR) is 59.2 cm³/mol. The summed E-state index contributed by atoms with van der Waals surface area (Å²) in [4.78, 5) is 10.6. The van der Waals surface area contributed by atoms with E-state index >= 15 is 0 Å². The molecule has 1 aromatic rings. The molecule has 0 aliphatic rings. The molecule has 0 amide bonds. The highest BCUT2D eigenvalue weighted by atomic mass is 19.4. The van der Waals surface area contributed by atoms with E-state index in [0.29, 0.717) is 6.07 Å². The molecule has 0 aromatic heterocycles. The summed E-state index contributed by atoms with van der Waals surface area (Å²) in [6.07, 6.45) is -11.0. The molecule has 0 heterocycles. The lowest BCUT2D eigenvalue weighted by atomic mass is 10.1. The third-order valence-electron chi connectivity index (χ3n) is 2.39. The average Bonchev–Trinajstić information content (AvgIpc) is 2.32. The SMILES string of the molecule is O=C(O)c1ccc(OCCCC(F)(F)F)c(C(F)(F)F)c1. The lowest BCUT2D eigenvalue weighted by molar-refractivity contribution is -0.141. The summed E-state index contributed by atoms with van der Waals surface area (Å²) in [5.74, 6) is -2.25. The Morgan fingerprint density at radius 1 is 1.14 bits per heavy atom. The van der Waals surface area contributed by atoms with Crippen LogP contribution in [0.25, 0.3) is 0 Å². The van der Waals surface area contributed by atoms with Crippen molar-refractivity contribution >= 4 is 5.97 Å². The van der Waals surface area contributed by atoms with Gasteiger partial charge in [0.05, 0.1) is 17.7 Å². The topological polar surface area (TPSA) is 46.5 Å². The van der Waals surface area contributed by atoms with E-state index < -0.39 is 54.6 Å². The number of benzene rings is 1. The van der Waals surface area contributed by atoms with Crippen LogP contribution in [0.15, 0.2) is 18.2 Å². The number of carbonyl (C=O) groups is 1. The van der Waals surface area contributed by atoms with E-state index in [4.69, 9.17) is 5.11 Å². The van der Waals surface area contributed by atoms with E-state index in [0.717, 1.165) is 12.1 Å². The fourth-order valence-corrected chi connectivity index (χ4v) is 1.47. The van der Waals surface area contributed by atoms with Crippen LogP contribution in [-0.4, -0.2) is 23.9 Å². The molecule has 0 unspecified atom stereocenters. The molecule has 1 rings (SSSR count). The number of carboxylic acid groups (broad SMARTS) is 1. The Bertz CT molecular complexity index is 507. The Balaban J connectivity index is 2.84. The van der Waals surface area contributed by atoms with Crippen molar-refractivity contribution in [1.29, 1.82) is 0 Å². The van der Waals surface area contributed by atoms with Gasteiger partial charge in [-0.05, 0) is 24.6 Å². The van der Waals surface area contributed by atoms with Crippen molar-refractivity contribution in [2.45, 2.75) is 25.2 Å². The van der Waals surface area contributed by atoms with Crippen LogP contribution in [0.1, 0.15) is 28.8 Å². The first kappa shape index (κ1) is 17.1. The summed E-state index contributed by atoms with van der Waals surface area (Å²) in [6, 6.07) is 2.04. The highest BCUT2D eigenvalue weighted by molar-refractivity contribution is 5.88. The monoisotopic (exact) mass is 316 g/mol. The maximum absolute atomic E-state index is 12.7. The number of rotatable bonds is 5. The van der Waals surface area contributed by atoms with Crippen molar-refractivity contribution in [3.63, 3.8) is 0 Å². The minimum absolute atomic E-state index is 0.376. The largest absolute Gasteiger partial charge is 0.493 e. The molecule has 0 aliphatic heterocycles. The standard InChI is InChI=1S/C12H10F6O3/c13-11(14,15)4-1-5-21-9-3-2-7(10(19)20)6-8(9)12(16,17)18/h2-3,6H,1,4-5H2,(H,19,20). The molecule has 118 valence electrons. The van der Waals surface area contributed by atoms with Crippen LogP contribution < -0.4 is 4.74 Å². The van der Waals surface area contributed by atoms with Gasteiger partial charge < -0.3 is 9.84 Å². The van der Waals surface area contributed by atoms with Crippen LogP contribution in [0, 0.1) is 0 Å². The molecule has 0 bridgehead atoms. The predicted octanol–water partition coefficient (Wildman–Crippen LogP) is 4.12. The molecule has 0 radical (unpaired) electrons. The molecule has 0 aliphatic carbocycles. The molecule has 1 aromatic carbocycles. The molecular weight excluding hydrogens is 306 g/mol. The van der Waals surface area contributed by atoms with Crippen molar-refractivity contribution in [1.82, 2.24) is 0 Å². The second-order valence-electron chi connectivity index (χ2n) is 4.08. The second-order valence-corrected chi connectivity index (χ2v) is 4.08. The van der Waals surface area contributed by atoms with Gasteiger partial charge in [0.1, 0.15) is 5.75 Å². The van der Waals surface area contributed by atoms with E-state index in [1.54, 1.807) is 0 Å². The molecule has 0 spiro atoms. The maximum atomic E-state index is 12.7. The highest BCUT2D eigenvalue weighted by Gasteiger charge is 2.35. The average molecular weight is 316 g/mol. The molecule has 0 saturated heterocycles. The van der Waals surface area contributed by atoms with Crippen molar-refractivity contribution in [2.24, 2.45) is 0 Å². The molecule has 0 atom stereocenters. The van der Waals surface area contributed by atoms with Gasteiger partial charge in [-0.1, -0.05) is 0 Å². The summed E-state index contributed by atoms with van der Waals surface area (Å²) in [5, 5.41) is 8.64. The van der Waals surface area contributed by atoms with E-state index in [2.05, 4.69) is 4.74 Å². The number of hydrogen-bond donors (Lipinski definition) is 1. The summed E-state index contributed by atoms with van der Waals surface area (Å²) >= 11 is 0. The number of alkyl halides is 6. The molecule has 9 heteroatoms. The van der Waals surface area contributed by atoms with Crippen molar-refractivity contribution in [3.05, 3.63) is 29.3 Å². The minimum atomic E-state index is -4.87. The zero-order valence-corrected chi connectivity index (χ0v) is 10.4. The van der Waals surface area contributed by atoms with Gasteiger partial charge in [-0.25, -0.2) is 4.79 Å². The lowest BCUT2D eigenvalue weighted by Crippen LogP contribution is -2.13. The first-order valence-corrected chi connectivity index (χ1v) is 5.65. The lowest BCUT2D eigenvalue weighted by Gasteiger charge is -2.15. The summed E-state index contributed by atoms with van der Waals surface area (Å²) in [7, 11) is 0. The Labute approximate surface area is 115 Å². The molecule has 21 heavy (non-hydrogen) atoms. The van der Waals surface area contributed by atoms with Crippen molar-refractivity contribution in [2.75, 3.05) is 6.61 Å². The molecule has 3 nitrogen and oxygen atoms in total. The Kier molecular flexibility index (Phi) is 5.08. The van der Waals surface area contributed by atoms with E-state index in [1.807, 2.05) is 0 Å². The smallest absolute Gasteiger partial charge is 0.419 e. The Hall–Kier alpha value is -1.93. The molecule has 0 saturated carbocycles. The highest BCUT2D eigenvalue weighted by Crippen LogP contribution is 2.37. The van der Waals surface area contributed by atoms with Gasteiger partial charge in [-0.2, -0.15) is 26.3 Å². The van der Waals surface area contributed by atoms with Crippen LogP contribution in [0.3, 0.4) is 0 Å².